The van der Waals surface area contributed by atoms with Crippen LogP contribution in [-0.2, 0) is 14.3 Å². The Balaban J connectivity index is 3.80. The largest absolute Gasteiger partial charge is 0.393 e. The van der Waals surface area contributed by atoms with E-state index in [4.69, 9.17) is 4.74 Å². The molecule has 0 radical (unpaired) electrons. The summed E-state index contributed by atoms with van der Waals surface area (Å²) < 4.78 is 4.74. The number of hydrogen-bond acceptors (Lipinski definition) is 4. The average molecular weight is 260 g/mol. The Kier molecular flexibility index (Phi) is 7.54. The Morgan fingerprint density at radius 2 is 1.67 bits per heavy atom. The van der Waals surface area contributed by atoms with Crippen molar-refractivity contribution in [3.05, 3.63) is 0 Å². The molecule has 6 heteroatoms. The first-order chi connectivity index (χ1) is 8.29. The van der Waals surface area contributed by atoms with Crippen molar-refractivity contribution in [3.8, 4) is 0 Å². The van der Waals surface area contributed by atoms with Crippen LogP contribution in [0, 0.1) is 5.41 Å². The molecule has 0 aromatic carbocycles. The van der Waals surface area contributed by atoms with Gasteiger partial charge in [0.25, 0.3) is 0 Å². The first-order valence-electron chi connectivity index (χ1n) is 6.02. The summed E-state index contributed by atoms with van der Waals surface area (Å²) in [6, 6.07) is 0. The van der Waals surface area contributed by atoms with Crippen molar-refractivity contribution >= 4 is 11.8 Å². The Bertz CT molecular complexity index is 274. The molecular weight excluding hydrogens is 236 g/mol. The minimum absolute atomic E-state index is 0.231. The van der Waals surface area contributed by atoms with Crippen LogP contribution < -0.4 is 10.6 Å². The molecule has 3 N–H and O–H groups in total. The van der Waals surface area contributed by atoms with Crippen molar-refractivity contribution in [2.45, 2.75) is 33.3 Å². The number of amides is 2. The molecule has 106 valence electrons. The van der Waals surface area contributed by atoms with Crippen LogP contribution in [0.1, 0.15) is 27.2 Å². The summed E-state index contributed by atoms with van der Waals surface area (Å²) in [5, 5.41) is 14.6. The Morgan fingerprint density at radius 3 is 2.11 bits per heavy atom. The highest BCUT2D eigenvalue weighted by Gasteiger charge is 2.22. The Labute approximate surface area is 108 Å². The summed E-state index contributed by atoms with van der Waals surface area (Å²) in [6.07, 6.45) is -0.102. The number of aliphatic hydroxyl groups excluding tert-OH is 1. The number of hydrogen-bond donors (Lipinski definition) is 3. The van der Waals surface area contributed by atoms with E-state index in [-0.39, 0.29) is 12.0 Å². The van der Waals surface area contributed by atoms with Crippen molar-refractivity contribution in [1.82, 2.24) is 10.6 Å². The van der Waals surface area contributed by atoms with E-state index in [1.807, 2.05) is 20.8 Å². The lowest BCUT2D eigenvalue weighted by atomic mass is 9.87. The third-order valence-corrected chi connectivity index (χ3v) is 2.50. The van der Waals surface area contributed by atoms with Gasteiger partial charge in [0.1, 0.15) is 0 Å². The molecule has 6 nitrogen and oxygen atoms in total. The van der Waals surface area contributed by atoms with Crippen molar-refractivity contribution in [2.24, 2.45) is 5.41 Å². The number of carbonyl (C=O) groups excluding carboxylic acids is 2. The van der Waals surface area contributed by atoms with Crippen LogP contribution >= 0.6 is 0 Å². The van der Waals surface area contributed by atoms with E-state index in [0.717, 1.165) is 0 Å². The zero-order valence-electron chi connectivity index (χ0n) is 11.6. The molecule has 1 atom stereocenters. The predicted octanol–water partition coefficient (Wildman–Crippen LogP) is -0.338. The fraction of sp³-hybridized carbons (Fsp3) is 0.833. The number of methoxy groups -OCH3 is 1. The van der Waals surface area contributed by atoms with Gasteiger partial charge in [0, 0.05) is 20.2 Å². The van der Waals surface area contributed by atoms with Gasteiger partial charge >= 0.3 is 11.8 Å². The van der Waals surface area contributed by atoms with E-state index in [1.54, 1.807) is 0 Å². The summed E-state index contributed by atoms with van der Waals surface area (Å²) in [6.45, 7) is 6.68. The van der Waals surface area contributed by atoms with Gasteiger partial charge in [-0.1, -0.05) is 20.8 Å². The molecule has 0 aliphatic carbocycles. The summed E-state index contributed by atoms with van der Waals surface area (Å²) in [7, 11) is 1.51. The lowest BCUT2D eigenvalue weighted by Gasteiger charge is -2.25. The number of aliphatic hydroxyl groups is 1. The second-order valence-electron chi connectivity index (χ2n) is 5.18. The Hall–Kier alpha value is -1.14. The SMILES string of the molecule is COCCNC(=O)C(=O)NCCC(O)C(C)(C)C. The molecule has 0 bridgehead atoms. The summed E-state index contributed by atoms with van der Waals surface area (Å²) in [4.78, 5) is 22.6. The van der Waals surface area contributed by atoms with Crippen LogP contribution in [0.25, 0.3) is 0 Å². The quantitative estimate of drug-likeness (QED) is 0.450. The van der Waals surface area contributed by atoms with Crippen LogP contribution in [0.3, 0.4) is 0 Å². The van der Waals surface area contributed by atoms with E-state index in [0.29, 0.717) is 19.6 Å². The number of ether oxygens (including phenoxy) is 1. The predicted molar refractivity (Wildman–Crippen MR) is 68.0 cm³/mol. The normalized spacial score (nSPS) is 12.9. The van der Waals surface area contributed by atoms with E-state index in [2.05, 4.69) is 10.6 Å². The van der Waals surface area contributed by atoms with E-state index in [9.17, 15) is 14.7 Å². The molecule has 0 aliphatic heterocycles. The molecule has 0 saturated carbocycles. The summed E-state index contributed by atoms with van der Waals surface area (Å²) in [5.74, 6) is -1.37. The van der Waals surface area contributed by atoms with Crippen LogP contribution in [-0.4, -0.2) is 49.8 Å². The molecule has 2 amide bonds. The number of nitrogens with one attached hydrogen (secondary N) is 2. The molecule has 0 spiro atoms. The van der Waals surface area contributed by atoms with Gasteiger partial charge in [0.15, 0.2) is 0 Å². The van der Waals surface area contributed by atoms with Crippen molar-refractivity contribution in [1.29, 1.82) is 0 Å². The minimum atomic E-state index is -0.688. The van der Waals surface area contributed by atoms with Crippen molar-refractivity contribution in [2.75, 3.05) is 26.8 Å². The van der Waals surface area contributed by atoms with Crippen LogP contribution in [0.2, 0.25) is 0 Å². The van der Waals surface area contributed by atoms with Crippen LogP contribution in [0.4, 0.5) is 0 Å². The van der Waals surface area contributed by atoms with E-state index >= 15 is 0 Å². The third-order valence-electron chi connectivity index (χ3n) is 2.50. The second kappa shape index (κ2) is 8.05. The van der Waals surface area contributed by atoms with Gasteiger partial charge in [0.2, 0.25) is 0 Å². The first kappa shape index (κ1) is 16.9. The van der Waals surface area contributed by atoms with Crippen LogP contribution in [0.15, 0.2) is 0 Å². The topological polar surface area (TPSA) is 87.7 Å². The monoisotopic (exact) mass is 260 g/mol. The first-order valence-corrected chi connectivity index (χ1v) is 6.02. The maximum Gasteiger partial charge on any atom is 0.309 e. The van der Waals surface area contributed by atoms with Gasteiger partial charge in [-0.3, -0.25) is 9.59 Å². The standard InChI is InChI=1S/C12H24N2O4/c1-12(2,3)9(15)5-6-13-10(16)11(17)14-7-8-18-4/h9,15H,5-8H2,1-4H3,(H,13,16)(H,14,17). The van der Waals surface area contributed by atoms with Gasteiger partial charge in [0.05, 0.1) is 12.7 Å². The van der Waals surface area contributed by atoms with E-state index in [1.165, 1.54) is 7.11 Å². The zero-order chi connectivity index (χ0) is 14.2. The lowest BCUT2D eigenvalue weighted by molar-refractivity contribution is -0.139. The summed E-state index contributed by atoms with van der Waals surface area (Å²) in [5.41, 5.74) is -0.231. The Morgan fingerprint density at radius 1 is 1.17 bits per heavy atom. The lowest BCUT2D eigenvalue weighted by Crippen LogP contribution is -2.42. The third kappa shape index (κ3) is 7.24. The number of rotatable bonds is 6. The molecule has 1 unspecified atom stereocenters. The maximum absolute atomic E-state index is 11.3. The average Bonchev–Trinajstić information content (AvgIpc) is 2.27. The van der Waals surface area contributed by atoms with Crippen molar-refractivity contribution < 1.29 is 19.4 Å². The molecule has 0 fully saturated rings. The van der Waals surface area contributed by atoms with Gasteiger partial charge in [-0.25, -0.2) is 0 Å². The molecule has 0 rings (SSSR count). The maximum atomic E-state index is 11.3. The molecule has 0 aliphatic rings. The molecule has 18 heavy (non-hydrogen) atoms. The fourth-order valence-corrected chi connectivity index (χ4v) is 1.18. The second-order valence-corrected chi connectivity index (χ2v) is 5.18. The highest BCUT2D eigenvalue weighted by molar-refractivity contribution is 6.35. The molecular formula is C12H24N2O4. The zero-order valence-corrected chi connectivity index (χ0v) is 11.6. The van der Waals surface area contributed by atoms with E-state index < -0.39 is 17.9 Å². The fourth-order valence-electron chi connectivity index (χ4n) is 1.18. The molecule has 0 aromatic rings. The van der Waals surface area contributed by atoms with Crippen LogP contribution in [0.5, 0.6) is 0 Å². The molecule has 0 aromatic heterocycles. The van der Waals surface area contributed by atoms with Gasteiger partial charge in [-0.05, 0) is 11.8 Å². The van der Waals surface area contributed by atoms with Gasteiger partial charge in [-0.15, -0.1) is 0 Å². The smallest absolute Gasteiger partial charge is 0.309 e. The van der Waals surface area contributed by atoms with Gasteiger partial charge in [-0.2, -0.15) is 0 Å². The number of carbonyl (C=O) groups is 2. The minimum Gasteiger partial charge on any atom is -0.393 e. The van der Waals surface area contributed by atoms with Crippen molar-refractivity contribution in [3.63, 3.8) is 0 Å². The molecule has 0 heterocycles. The summed E-state index contributed by atoms with van der Waals surface area (Å²) >= 11 is 0. The highest BCUT2D eigenvalue weighted by atomic mass is 16.5. The van der Waals surface area contributed by atoms with Gasteiger partial charge < -0.3 is 20.5 Å². The highest BCUT2D eigenvalue weighted by Crippen LogP contribution is 2.20. The molecule has 0 saturated heterocycles.